The first-order valence-corrected chi connectivity index (χ1v) is 10.7. The van der Waals surface area contributed by atoms with Crippen LogP contribution in [-0.2, 0) is 19.3 Å². The molecule has 0 amide bonds. The molecule has 4 nitrogen and oxygen atoms in total. The molecule has 6 heteroatoms. The smallest absolute Gasteiger partial charge is 0.160 e. The van der Waals surface area contributed by atoms with Crippen molar-refractivity contribution in [1.82, 2.24) is 10.6 Å². The van der Waals surface area contributed by atoms with Gasteiger partial charge in [0.2, 0.25) is 0 Å². The topological polar surface area (TPSA) is 64.5 Å². The molecule has 1 unspecified atom stereocenters. The molecule has 30 heavy (non-hydrogen) atoms. The molecule has 0 fully saturated rings. The van der Waals surface area contributed by atoms with E-state index in [9.17, 15) is 10.2 Å². The average Bonchev–Trinajstić information content (AvgIpc) is 2.73. The van der Waals surface area contributed by atoms with Crippen molar-refractivity contribution in [2.75, 3.05) is 19.6 Å². The number of hydrogen-bond donors (Lipinski definition) is 4. The van der Waals surface area contributed by atoms with Gasteiger partial charge in [0.1, 0.15) is 0 Å². The molecule has 0 saturated carbocycles. The van der Waals surface area contributed by atoms with Crippen molar-refractivity contribution in [3.05, 3.63) is 59.2 Å². The summed E-state index contributed by atoms with van der Waals surface area (Å²) >= 11 is 0. The van der Waals surface area contributed by atoms with Gasteiger partial charge in [-0.25, -0.2) is 0 Å². The van der Waals surface area contributed by atoms with Gasteiger partial charge >= 0.3 is 0 Å². The number of rotatable bonds is 11. The van der Waals surface area contributed by atoms with Crippen molar-refractivity contribution >= 4 is 34.0 Å². The molecule has 0 saturated heterocycles. The van der Waals surface area contributed by atoms with E-state index in [1.165, 1.54) is 36.8 Å². The van der Waals surface area contributed by atoms with Crippen molar-refractivity contribution < 1.29 is 10.2 Å². The number of fused-ring (bicyclic) bond motifs is 1. The minimum Gasteiger partial charge on any atom is -0.504 e. The van der Waals surface area contributed by atoms with Crippen LogP contribution < -0.4 is 10.6 Å². The SMILES string of the molecule is Br.Br.Oc1ccc2c(c1O)CCC(NCCCCCCNCCc1ccccc1)C2. The molecule has 2 aromatic rings. The van der Waals surface area contributed by atoms with Gasteiger partial charge in [0.15, 0.2) is 11.5 Å². The first-order chi connectivity index (χ1) is 13.7. The average molecular weight is 544 g/mol. The fraction of sp³-hybridized carbons (Fsp3) is 0.500. The molecule has 1 aliphatic rings. The van der Waals surface area contributed by atoms with Gasteiger partial charge in [-0.2, -0.15) is 0 Å². The van der Waals surface area contributed by atoms with Gasteiger partial charge in [-0.3, -0.25) is 0 Å². The highest BCUT2D eigenvalue weighted by Crippen LogP contribution is 2.35. The maximum atomic E-state index is 9.96. The summed E-state index contributed by atoms with van der Waals surface area (Å²) in [6, 6.07) is 14.7. The lowest BCUT2D eigenvalue weighted by atomic mass is 9.87. The van der Waals surface area contributed by atoms with Crippen molar-refractivity contribution in [1.29, 1.82) is 0 Å². The van der Waals surface area contributed by atoms with E-state index < -0.39 is 0 Å². The monoisotopic (exact) mass is 542 g/mol. The van der Waals surface area contributed by atoms with Crippen molar-refractivity contribution in [3.8, 4) is 11.5 Å². The molecule has 2 aromatic carbocycles. The fourth-order valence-corrected chi connectivity index (χ4v) is 4.03. The van der Waals surface area contributed by atoms with Gasteiger partial charge in [-0.15, -0.1) is 34.0 Å². The van der Waals surface area contributed by atoms with Crippen LogP contribution in [0.3, 0.4) is 0 Å². The van der Waals surface area contributed by atoms with Crippen LogP contribution in [0.4, 0.5) is 0 Å². The first-order valence-electron chi connectivity index (χ1n) is 10.7. The number of halogens is 2. The molecular formula is C24H36Br2N2O2. The Hall–Kier alpha value is -1.08. The van der Waals surface area contributed by atoms with E-state index in [4.69, 9.17) is 0 Å². The lowest BCUT2D eigenvalue weighted by Gasteiger charge is -2.26. The largest absolute Gasteiger partial charge is 0.504 e. The summed E-state index contributed by atoms with van der Waals surface area (Å²) < 4.78 is 0. The summed E-state index contributed by atoms with van der Waals surface area (Å²) in [7, 11) is 0. The Labute approximate surface area is 202 Å². The van der Waals surface area contributed by atoms with Crippen LogP contribution >= 0.6 is 34.0 Å². The lowest BCUT2D eigenvalue weighted by Crippen LogP contribution is -2.35. The van der Waals surface area contributed by atoms with Crippen LogP contribution in [0, 0.1) is 0 Å². The standard InChI is InChI=1S/C24H34N2O2.2BrH/c27-23-13-10-20-18-21(11-12-22(20)24(23)28)26-16-7-2-1-6-15-25-17-14-19-8-4-3-5-9-19;;/h3-5,8-10,13,21,25-28H,1-2,6-7,11-12,14-18H2;2*1H. The molecule has 0 radical (unpaired) electrons. The van der Waals surface area contributed by atoms with E-state index >= 15 is 0 Å². The number of aromatic hydroxyl groups is 2. The Bertz CT molecular complexity index is 729. The third kappa shape index (κ3) is 8.58. The van der Waals surface area contributed by atoms with E-state index in [0.717, 1.165) is 50.9 Å². The molecule has 0 aromatic heterocycles. The summed E-state index contributed by atoms with van der Waals surface area (Å²) in [4.78, 5) is 0. The summed E-state index contributed by atoms with van der Waals surface area (Å²) in [5.41, 5.74) is 3.50. The van der Waals surface area contributed by atoms with Crippen molar-refractivity contribution in [2.45, 2.75) is 57.4 Å². The second kappa shape index (κ2) is 14.8. The van der Waals surface area contributed by atoms with Gasteiger partial charge in [-0.05, 0) is 75.4 Å². The van der Waals surface area contributed by atoms with Gasteiger partial charge in [0.05, 0.1) is 0 Å². The Kier molecular flexibility index (Phi) is 13.3. The van der Waals surface area contributed by atoms with Crippen LogP contribution in [0.2, 0.25) is 0 Å². The molecule has 0 aliphatic heterocycles. The van der Waals surface area contributed by atoms with Crippen molar-refractivity contribution in [3.63, 3.8) is 0 Å². The van der Waals surface area contributed by atoms with Crippen LogP contribution in [0.25, 0.3) is 0 Å². The molecule has 1 atom stereocenters. The molecular weight excluding hydrogens is 508 g/mol. The van der Waals surface area contributed by atoms with E-state index in [0.29, 0.717) is 6.04 Å². The Morgan fingerprint density at radius 2 is 1.57 bits per heavy atom. The van der Waals surface area contributed by atoms with Crippen LogP contribution in [0.1, 0.15) is 48.8 Å². The zero-order chi connectivity index (χ0) is 19.6. The molecule has 168 valence electrons. The van der Waals surface area contributed by atoms with E-state index in [1.807, 2.05) is 6.07 Å². The number of nitrogens with one attached hydrogen (secondary N) is 2. The quantitative estimate of drug-likeness (QED) is 0.235. The summed E-state index contributed by atoms with van der Waals surface area (Å²) in [5, 5.41) is 26.8. The third-order valence-electron chi connectivity index (χ3n) is 5.71. The molecule has 3 rings (SSSR count). The number of benzene rings is 2. The minimum atomic E-state index is -0.000264. The van der Waals surface area contributed by atoms with E-state index in [-0.39, 0.29) is 45.5 Å². The number of hydrogen-bond acceptors (Lipinski definition) is 4. The fourth-order valence-electron chi connectivity index (χ4n) is 4.03. The first kappa shape index (κ1) is 27.0. The molecule has 0 bridgehead atoms. The maximum absolute atomic E-state index is 9.96. The molecule has 0 heterocycles. The van der Waals surface area contributed by atoms with E-state index in [2.05, 4.69) is 41.0 Å². The summed E-state index contributed by atoms with van der Waals surface area (Å²) in [5.74, 6) is 0.0769. The zero-order valence-electron chi connectivity index (χ0n) is 17.6. The molecule has 0 spiro atoms. The Balaban J connectivity index is 0.00000225. The van der Waals surface area contributed by atoms with Crippen LogP contribution in [0.15, 0.2) is 42.5 Å². The predicted octanol–water partition coefficient (Wildman–Crippen LogP) is 5.09. The lowest BCUT2D eigenvalue weighted by molar-refractivity contribution is 0.387. The zero-order valence-corrected chi connectivity index (χ0v) is 21.0. The highest BCUT2D eigenvalue weighted by atomic mass is 79.9. The minimum absolute atomic E-state index is 0. The predicted molar refractivity (Wildman–Crippen MR) is 136 cm³/mol. The second-order valence-electron chi connectivity index (χ2n) is 7.86. The Morgan fingerprint density at radius 1 is 0.833 bits per heavy atom. The molecule has 4 N–H and O–H groups in total. The second-order valence-corrected chi connectivity index (χ2v) is 7.86. The van der Waals surface area contributed by atoms with Gasteiger partial charge in [-0.1, -0.05) is 49.2 Å². The normalized spacial score (nSPS) is 15.0. The third-order valence-corrected chi connectivity index (χ3v) is 5.71. The van der Waals surface area contributed by atoms with Crippen molar-refractivity contribution in [2.24, 2.45) is 0 Å². The van der Waals surface area contributed by atoms with Gasteiger partial charge in [0.25, 0.3) is 0 Å². The maximum Gasteiger partial charge on any atom is 0.160 e. The van der Waals surface area contributed by atoms with Gasteiger partial charge < -0.3 is 20.8 Å². The summed E-state index contributed by atoms with van der Waals surface area (Å²) in [6.45, 7) is 3.23. The molecule has 1 aliphatic carbocycles. The number of unbranched alkanes of at least 4 members (excludes halogenated alkanes) is 3. The Morgan fingerprint density at radius 3 is 2.33 bits per heavy atom. The number of phenols is 2. The van der Waals surface area contributed by atoms with Crippen LogP contribution in [-0.4, -0.2) is 35.9 Å². The van der Waals surface area contributed by atoms with E-state index in [1.54, 1.807) is 6.07 Å². The highest BCUT2D eigenvalue weighted by Gasteiger charge is 2.21. The highest BCUT2D eigenvalue weighted by molar-refractivity contribution is 8.93. The van der Waals surface area contributed by atoms with Crippen LogP contribution in [0.5, 0.6) is 11.5 Å². The van der Waals surface area contributed by atoms with Gasteiger partial charge in [0, 0.05) is 11.6 Å². The number of phenolic OH excluding ortho intramolecular Hbond substituents is 2. The summed E-state index contributed by atoms with van der Waals surface area (Å²) in [6.07, 6.45) is 8.91.